The van der Waals surface area contributed by atoms with Gasteiger partial charge in [0.1, 0.15) is 5.75 Å². The van der Waals surface area contributed by atoms with Crippen molar-refractivity contribution >= 4 is 11.6 Å². The molecular weight excluding hydrogens is 438 g/mol. The van der Waals surface area contributed by atoms with Crippen LogP contribution in [0.4, 0.5) is 0 Å². The van der Waals surface area contributed by atoms with Crippen molar-refractivity contribution in [2.75, 3.05) is 19.8 Å². The van der Waals surface area contributed by atoms with E-state index in [9.17, 15) is 5.11 Å². The first-order valence-electron chi connectivity index (χ1n) is 11.2. The number of rotatable bonds is 12. The molecule has 6 nitrogen and oxygen atoms in total. The molecule has 1 aliphatic rings. The molecule has 1 aromatic heterocycles. The van der Waals surface area contributed by atoms with Crippen LogP contribution in [0.3, 0.4) is 0 Å². The maximum absolute atomic E-state index is 10.5. The number of nitrogens with zero attached hydrogens (tertiary/aromatic N) is 3. The number of aliphatic hydroxyl groups excluding tert-OH is 1. The summed E-state index contributed by atoms with van der Waals surface area (Å²) in [5.74, 6) is 1.36. The SMILES string of the molecule is C=CCOC[C@H](O)CN(Cc1c(C)nn(-c2ccccc2)c1Oc1ccc(Cl)cc1)C1CC1. The van der Waals surface area contributed by atoms with E-state index in [0.29, 0.717) is 42.4 Å². The van der Waals surface area contributed by atoms with E-state index in [1.165, 1.54) is 0 Å². The zero-order chi connectivity index (χ0) is 23.2. The van der Waals surface area contributed by atoms with Gasteiger partial charge in [-0.25, -0.2) is 4.68 Å². The van der Waals surface area contributed by atoms with Crippen LogP contribution in [-0.4, -0.2) is 51.7 Å². The first-order valence-corrected chi connectivity index (χ1v) is 11.6. The summed E-state index contributed by atoms with van der Waals surface area (Å²) in [5, 5.41) is 16.0. The van der Waals surface area contributed by atoms with Crippen LogP contribution in [-0.2, 0) is 11.3 Å². The summed E-state index contributed by atoms with van der Waals surface area (Å²) in [4.78, 5) is 2.30. The second-order valence-corrected chi connectivity index (χ2v) is 8.75. The Morgan fingerprint density at radius 2 is 1.94 bits per heavy atom. The van der Waals surface area contributed by atoms with Crippen LogP contribution in [0.2, 0.25) is 5.02 Å². The molecule has 0 saturated heterocycles. The number of hydrogen-bond acceptors (Lipinski definition) is 5. The third-order valence-electron chi connectivity index (χ3n) is 5.58. The van der Waals surface area contributed by atoms with Gasteiger partial charge in [-0.2, -0.15) is 5.10 Å². The Labute approximate surface area is 200 Å². The smallest absolute Gasteiger partial charge is 0.227 e. The van der Waals surface area contributed by atoms with Gasteiger partial charge in [-0.15, -0.1) is 6.58 Å². The van der Waals surface area contributed by atoms with Crippen LogP contribution < -0.4 is 4.74 Å². The van der Waals surface area contributed by atoms with Gasteiger partial charge in [0.2, 0.25) is 5.88 Å². The summed E-state index contributed by atoms with van der Waals surface area (Å²) in [6.07, 6.45) is 3.36. The van der Waals surface area contributed by atoms with Gasteiger partial charge in [0.05, 0.1) is 36.3 Å². The Morgan fingerprint density at radius 1 is 1.21 bits per heavy atom. The zero-order valence-electron chi connectivity index (χ0n) is 18.9. The van der Waals surface area contributed by atoms with Gasteiger partial charge >= 0.3 is 0 Å². The van der Waals surface area contributed by atoms with Gasteiger partial charge in [-0.1, -0.05) is 35.9 Å². The van der Waals surface area contributed by atoms with Crippen molar-refractivity contribution in [1.82, 2.24) is 14.7 Å². The predicted octanol–water partition coefficient (Wildman–Crippen LogP) is 5.15. The van der Waals surface area contributed by atoms with Crippen LogP contribution >= 0.6 is 11.6 Å². The van der Waals surface area contributed by atoms with Crippen molar-refractivity contribution in [3.05, 3.63) is 83.5 Å². The lowest BCUT2D eigenvalue weighted by Crippen LogP contribution is -2.36. The lowest BCUT2D eigenvalue weighted by atomic mass is 10.2. The average Bonchev–Trinajstić information content (AvgIpc) is 3.62. The first-order chi connectivity index (χ1) is 16.0. The second kappa shape index (κ2) is 11.0. The Kier molecular flexibility index (Phi) is 7.83. The van der Waals surface area contributed by atoms with Gasteiger partial charge in [0.15, 0.2) is 0 Å². The largest absolute Gasteiger partial charge is 0.439 e. The molecule has 33 heavy (non-hydrogen) atoms. The van der Waals surface area contributed by atoms with Gasteiger partial charge in [-0.3, -0.25) is 4.90 Å². The van der Waals surface area contributed by atoms with Crippen molar-refractivity contribution < 1.29 is 14.6 Å². The third-order valence-corrected chi connectivity index (χ3v) is 5.83. The van der Waals surface area contributed by atoms with E-state index in [1.54, 1.807) is 6.08 Å². The Bertz CT molecular complexity index is 1050. The van der Waals surface area contributed by atoms with E-state index in [4.69, 9.17) is 26.2 Å². The lowest BCUT2D eigenvalue weighted by Gasteiger charge is -2.25. The summed E-state index contributed by atoms with van der Waals surface area (Å²) >= 11 is 6.06. The van der Waals surface area contributed by atoms with Crippen LogP contribution in [0, 0.1) is 6.92 Å². The highest BCUT2D eigenvalue weighted by atomic mass is 35.5. The first kappa shape index (κ1) is 23.5. The number of ether oxygens (including phenoxy) is 2. The molecule has 1 heterocycles. The van der Waals surface area contributed by atoms with Crippen LogP contribution in [0.1, 0.15) is 24.1 Å². The standard InChI is InChI=1S/C26H30ClN3O3/c1-3-15-32-18-23(31)16-29(21-11-12-21)17-25-19(2)28-30(22-7-5-4-6-8-22)26(25)33-24-13-9-20(27)10-14-24/h3-10,13-14,21,23,31H,1,11-12,15-18H2,2H3/t23-/m1/s1. The highest BCUT2D eigenvalue weighted by Crippen LogP contribution is 2.35. The molecule has 7 heteroatoms. The summed E-state index contributed by atoms with van der Waals surface area (Å²) < 4.78 is 13.7. The topological polar surface area (TPSA) is 59.8 Å². The van der Waals surface area contributed by atoms with E-state index in [0.717, 1.165) is 29.8 Å². The summed E-state index contributed by atoms with van der Waals surface area (Å²) in [6, 6.07) is 17.7. The van der Waals surface area contributed by atoms with Crippen molar-refractivity contribution in [3.8, 4) is 17.3 Å². The molecule has 1 fully saturated rings. The second-order valence-electron chi connectivity index (χ2n) is 8.31. The monoisotopic (exact) mass is 467 g/mol. The normalized spacial score (nSPS) is 14.4. The predicted molar refractivity (Wildman–Crippen MR) is 130 cm³/mol. The number of halogens is 1. The molecule has 0 amide bonds. The molecule has 2 aromatic carbocycles. The molecule has 0 spiro atoms. The van der Waals surface area contributed by atoms with Crippen LogP contribution in [0.5, 0.6) is 11.6 Å². The lowest BCUT2D eigenvalue weighted by molar-refractivity contribution is 0.0226. The van der Waals surface area contributed by atoms with E-state index in [1.807, 2.05) is 66.2 Å². The third kappa shape index (κ3) is 6.24. The molecule has 3 aromatic rings. The highest BCUT2D eigenvalue weighted by molar-refractivity contribution is 6.30. The van der Waals surface area contributed by atoms with Gasteiger partial charge in [0, 0.05) is 24.2 Å². The Hall–Kier alpha value is -2.64. The highest BCUT2D eigenvalue weighted by Gasteiger charge is 2.32. The van der Waals surface area contributed by atoms with Crippen molar-refractivity contribution in [3.63, 3.8) is 0 Å². The van der Waals surface area contributed by atoms with Crippen molar-refractivity contribution in [2.24, 2.45) is 0 Å². The molecule has 1 atom stereocenters. The van der Waals surface area contributed by atoms with Crippen molar-refractivity contribution in [2.45, 2.75) is 38.5 Å². The molecule has 1 saturated carbocycles. The molecule has 0 radical (unpaired) electrons. The summed E-state index contributed by atoms with van der Waals surface area (Å²) in [6.45, 7) is 7.52. The van der Waals surface area contributed by atoms with Crippen LogP contribution in [0.15, 0.2) is 67.3 Å². The number of aliphatic hydroxyl groups is 1. The van der Waals surface area contributed by atoms with E-state index < -0.39 is 6.10 Å². The zero-order valence-corrected chi connectivity index (χ0v) is 19.6. The molecule has 1 aliphatic carbocycles. The van der Waals surface area contributed by atoms with Crippen molar-refractivity contribution in [1.29, 1.82) is 0 Å². The van der Waals surface area contributed by atoms with Gasteiger partial charge in [0.25, 0.3) is 0 Å². The minimum atomic E-state index is -0.573. The number of benzene rings is 2. The maximum atomic E-state index is 10.5. The van der Waals surface area contributed by atoms with E-state index in [-0.39, 0.29) is 6.61 Å². The Balaban J connectivity index is 1.62. The fourth-order valence-corrected chi connectivity index (χ4v) is 3.91. The van der Waals surface area contributed by atoms with E-state index in [2.05, 4.69) is 11.5 Å². The molecule has 174 valence electrons. The Morgan fingerprint density at radius 3 is 2.61 bits per heavy atom. The number of para-hydroxylation sites is 1. The average molecular weight is 468 g/mol. The fraction of sp³-hybridized carbons (Fsp3) is 0.346. The fourth-order valence-electron chi connectivity index (χ4n) is 3.78. The minimum absolute atomic E-state index is 0.283. The molecule has 4 rings (SSSR count). The minimum Gasteiger partial charge on any atom is -0.439 e. The van der Waals surface area contributed by atoms with E-state index >= 15 is 0 Å². The molecule has 0 unspecified atom stereocenters. The number of aromatic nitrogens is 2. The molecule has 1 N–H and O–H groups in total. The van der Waals surface area contributed by atoms with Crippen LogP contribution in [0.25, 0.3) is 5.69 Å². The quantitative estimate of drug-likeness (QED) is 0.294. The van der Waals surface area contributed by atoms with Gasteiger partial charge < -0.3 is 14.6 Å². The number of aryl methyl sites for hydroxylation is 1. The number of hydrogen-bond donors (Lipinski definition) is 1. The summed E-state index contributed by atoms with van der Waals surface area (Å²) in [5.41, 5.74) is 2.82. The molecule has 0 bridgehead atoms. The molecule has 0 aliphatic heterocycles. The summed E-state index contributed by atoms with van der Waals surface area (Å²) in [7, 11) is 0. The maximum Gasteiger partial charge on any atom is 0.227 e. The molecular formula is C26H30ClN3O3. The van der Waals surface area contributed by atoms with Gasteiger partial charge in [-0.05, 0) is 56.2 Å².